The fraction of sp³-hybridized carbons (Fsp3) is 0.0909. The van der Waals surface area contributed by atoms with E-state index in [2.05, 4.69) is 140 Å². The molecule has 2 aliphatic carbocycles. The maximum Gasteiger partial charge on any atom is 0.142 e. The van der Waals surface area contributed by atoms with Crippen molar-refractivity contribution < 1.29 is 4.42 Å². The molecule has 1 atom stereocenters. The summed E-state index contributed by atoms with van der Waals surface area (Å²) in [6, 6.07) is 45.5. The number of furan rings is 1. The Morgan fingerprint density at radius 1 is 0.600 bits per heavy atom. The van der Waals surface area contributed by atoms with Gasteiger partial charge >= 0.3 is 0 Å². The van der Waals surface area contributed by atoms with Crippen LogP contribution >= 0.6 is 0 Å². The lowest BCUT2D eigenvalue weighted by Crippen LogP contribution is -2.01. The van der Waals surface area contributed by atoms with Gasteiger partial charge in [-0.05, 0) is 91.5 Å². The highest BCUT2D eigenvalue weighted by Gasteiger charge is 2.33. The molecule has 0 N–H and O–H groups in total. The number of para-hydroxylation sites is 1. The topological polar surface area (TPSA) is 13.1 Å². The van der Waals surface area contributed by atoms with Crippen LogP contribution in [0, 0.1) is 6.92 Å². The zero-order valence-corrected chi connectivity index (χ0v) is 25.1. The van der Waals surface area contributed by atoms with E-state index in [1.54, 1.807) is 0 Å². The summed E-state index contributed by atoms with van der Waals surface area (Å²) in [7, 11) is 0. The zero-order valence-electron chi connectivity index (χ0n) is 25.1. The molecule has 0 amide bonds. The van der Waals surface area contributed by atoms with Gasteiger partial charge in [0.1, 0.15) is 11.3 Å². The van der Waals surface area contributed by atoms with Crippen molar-refractivity contribution in [1.82, 2.24) is 0 Å². The molecule has 0 saturated heterocycles. The van der Waals surface area contributed by atoms with Gasteiger partial charge in [-0.15, -0.1) is 0 Å². The minimum atomic E-state index is 0.147. The highest BCUT2D eigenvalue weighted by molar-refractivity contribution is 6.27. The summed E-state index contributed by atoms with van der Waals surface area (Å²) in [6.45, 7) is 2.21. The fourth-order valence-corrected chi connectivity index (χ4v) is 8.31. The quantitative estimate of drug-likeness (QED) is 0.187. The van der Waals surface area contributed by atoms with Crippen molar-refractivity contribution in [3.63, 3.8) is 0 Å². The summed E-state index contributed by atoms with van der Waals surface area (Å²) >= 11 is 0. The van der Waals surface area contributed by atoms with Gasteiger partial charge in [0, 0.05) is 22.4 Å². The molecule has 0 bridgehead atoms. The van der Waals surface area contributed by atoms with E-state index in [9.17, 15) is 0 Å². The highest BCUT2D eigenvalue weighted by Crippen LogP contribution is 2.53. The van der Waals surface area contributed by atoms with E-state index in [1.807, 2.05) is 0 Å². The first-order chi connectivity index (χ1) is 22.2. The van der Waals surface area contributed by atoms with E-state index >= 15 is 0 Å². The minimum Gasteiger partial charge on any atom is -0.456 e. The number of aryl methyl sites for hydroxylation is 2. The van der Waals surface area contributed by atoms with Crippen LogP contribution < -0.4 is 0 Å². The Balaban J connectivity index is 1.21. The number of fused-ring (bicyclic) bond motifs is 13. The molecular formula is C44H30O. The number of allylic oxidation sites excluding steroid dienone is 1. The number of benzene rings is 7. The summed E-state index contributed by atoms with van der Waals surface area (Å²) in [5.41, 5.74) is 12.8. The van der Waals surface area contributed by atoms with Crippen LogP contribution in [-0.4, -0.2) is 0 Å². The average Bonchev–Trinajstić information content (AvgIpc) is 3.64. The standard InChI is InChI=1S/C44H30O/c1-26-17-22-33-37-24-23-36-32-11-3-2-9-30(32)31-10-4-5-13-35(31)42(36)43(37)41(39(33)25-26)28-20-18-27(19-21-28)29-14-8-15-38-34-12-6-7-16-40(34)45-44(29)38/h2-5,7-11,13-25,41H,6,12H2,1H3. The largest absolute Gasteiger partial charge is 0.456 e. The Kier molecular flexibility index (Phi) is 5.16. The van der Waals surface area contributed by atoms with Crippen molar-refractivity contribution in [3.8, 4) is 22.3 Å². The van der Waals surface area contributed by atoms with Gasteiger partial charge in [0.25, 0.3) is 0 Å². The SMILES string of the molecule is Cc1ccc2c(c1)C(c1ccc(-c3cccc4c5c(oc34)C=CCC5)cc1)c1c-2ccc2c3ccccc3c3ccccc3c12. The van der Waals surface area contributed by atoms with Gasteiger partial charge in [-0.3, -0.25) is 0 Å². The smallest absolute Gasteiger partial charge is 0.142 e. The van der Waals surface area contributed by atoms with Gasteiger partial charge in [0.05, 0.1) is 0 Å². The molecule has 1 nitrogen and oxygen atoms in total. The third-order valence-electron chi connectivity index (χ3n) is 10.3. The lowest BCUT2D eigenvalue weighted by Gasteiger charge is -2.20. The lowest BCUT2D eigenvalue weighted by atomic mass is 9.83. The summed E-state index contributed by atoms with van der Waals surface area (Å²) in [4.78, 5) is 0. The van der Waals surface area contributed by atoms with Crippen molar-refractivity contribution in [2.45, 2.75) is 25.7 Å². The van der Waals surface area contributed by atoms with Gasteiger partial charge in [0.2, 0.25) is 0 Å². The summed E-state index contributed by atoms with van der Waals surface area (Å²) in [6.07, 6.45) is 6.47. The summed E-state index contributed by atoms with van der Waals surface area (Å²) in [5, 5.41) is 9.24. The molecule has 0 aliphatic heterocycles. The third-order valence-corrected chi connectivity index (χ3v) is 10.3. The van der Waals surface area contributed by atoms with E-state index in [-0.39, 0.29) is 5.92 Å². The van der Waals surface area contributed by atoms with Gasteiger partial charge in [-0.2, -0.15) is 0 Å². The predicted octanol–water partition coefficient (Wildman–Crippen LogP) is 12.0. The van der Waals surface area contributed by atoms with E-state index < -0.39 is 0 Å². The first-order valence-corrected chi connectivity index (χ1v) is 16.0. The van der Waals surface area contributed by atoms with Crippen molar-refractivity contribution in [2.24, 2.45) is 0 Å². The van der Waals surface area contributed by atoms with Crippen LogP contribution in [0.4, 0.5) is 0 Å². The highest BCUT2D eigenvalue weighted by atomic mass is 16.3. The van der Waals surface area contributed by atoms with Crippen molar-refractivity contribution in [2.75, 3.05) is 0 Å². The first-order valence-electron chi connectivity index (χ1n) is 16.0. The molecule has 1 aromatic heterocycles. The third kappa shape index (κ3) is 3.50. The molecule has 8 aromatic rings. The molecule has 2 aliphatic rings. The average molecular weight is 575 g/mol. The van der Waals surface area contributed by atoms with E-state index in [0.717, 1.165) is 29.7 Å². The van der Waals surface area contributed by atoms with Crippen LogP contribution in [0.3, 0.4) is 0 Å². The van der Waals surface area contributed by atoms with Crippen LogP contribution in [0.1, 0.15) is 45.9 Å². The Morgan fingerprint density at radius 3 is 2.09 bits per heavy atom. The number of hydrogen-bond acceptors (Lipinski definition) is 1. The van der Waals surface area contributed by atoms with E-state index in [4.69, 9.17) is 4.42 Å². The molecule has 10 rings (SSSR count). The molecule has 0 saturated carbocycles. The second-order valence-electron chi connectivity index (χ2n) is 12.8. The molecule has 212 valence electrons. The van der Waals surface area contributed by atoms with Gasteiger partial charge in [0.15, 0.2) is 0 Å². The lowest BCUT2D eigenvalue weighted by molar-refractivity contribution is 0.596. The molecule has 7 aromatic carbocycles. The van der Waals surface area contributed by atoms with Crippen molar-refractivity contribution in [1.29, 1.82) is 0 Å². The molecular weight excluding hydrogens is 544 g/mol. The van der Waals surface area contributed by atoms with Crippen LogP contribution in [0.5, 0.6) is 0 Å². The van der Waals surface area contributed by atoms with E-state index in [0.29, 0.717) is 0 Å². The van der Waals surface area contributed by atoms with Gasteiger partial charge in [-0.1, -0.05) is 133 Å². The molecule has 1 heteroatoms. The second-order valence-corrected chi connectivity index (χ2v) is 12.8. The normalized spacial score (nSPS) is 15.2. The van der Waals surface area contributed by atoms with Gasteiger partial charge in [-0.25, -0.2) is 0 Å². The van der Waals surface area contributed by atoms with Crippen molar-refractivity contribution >= 4 is 49.4 Å². The predicted molar refractivity (Wildman–Crippen MR) is 189 cm³/mol. The van der Waals surface area contributed by atoms with Crippen LogP contribution in [0.2, 0.25) is 0 Å². The number of hydrogen-bond donors (Lipinski definition) is 0. The Hall–Kier alpha value is -5.40. The Labute approximate surface area is 262 Å². The van der Waals surface area contributed by atoms with Crippen LogP contribution in [-0.2, 0) is 6.42 Å². The maximum atomic E-state index is 6.45. The zero-order chi connectivity index (χ0) is 29.6. The van der Waals surface area contributed by atoms with Crippen LogP contribution in [0.25, 0.3) is 71.6 Å². The minimum absolute atomic E-state index is 0.147. The summed E-state index contributed by atoms with van der Waals surface area (Å²) < 4.78 is 6.45. The molecule has 1 unspecified atom stereocenters. The molecule has 1 heterocycles. The number of rotatable bonds is 2. The van der Waals surface area contributed by atoms with Crippen LogP contribution in [0.15, 0.2) is 132 Å². The fourth-order valence-electron chi connectivity index (χ4n) is 8.31. The first kappa shape index (κ1) is 25.0. The van der Waals surface area contributed by atoms with E-state index in [1.165, 1.54) is 82.2 Å². The Morgan fingerprint density at radius 2 is 1.29 bits per heavy atom. The second kappa shape index (κ2) is 9.30. The maximum absolute atomic E-state index is 6.45. The van der Waals surface area contributed by atoms with Gasteiger partial charge < -0.3 is 4.42 Å². The molecule has 0 radical (unpaired) electrons. The molecule has 0 spiro atoms. The molecule has 0 fully saturated rings. The molecule has 45 heavy (non-hydrogen) atoms. The summed E-state index contributed by atoms with van der Waals surface area (Å²) in [5.74, 6) is 1.16. The monoisotopic (exact) mass is 574 g/mol. The Bertz CT molecular complexity index is 2510. The van der Waals surface area contributed by atoms with Crippen molar-refractivity contribution in [3.05, 3.63) is 161 Å².